The van der Waals surface area contributed by atoms with Gasteiger partial charge < -0.3 is 9.64 Å². The quantitative estimate of drug-likeness (QED) is 0.747. The SMILES string of the molecule is COC1CCC(CCCN2CCN(C(C)C)[C@@H](C)C2)CC1. The summed E-state index contributed by atoms with van der Waals surface area (Å²) in [4.78, 5) is 5.33. The second kappa shape index (κ2) is 8.50. The Hall–Kier alpha value is -0.120. The molecule has 0 spiro atoms. The third-order valence-electron chi connectivity index (χ3n) is 5.64. The average Bonchev–Trinajstić information content (AvgIpc) is 2.47. The summed E-state index contributed by atoms with van der Waals surface area (Å²) in [5.41, 5.74) is 0. The van der Waals surface area contributed by atoms with Crippen molar-refractivity contribution < 1.29 is 4.74 Å². The number of hydrogen-bond acceptors (Lipinski definition) is 3. The maximum Gasteiger partial charge on any atom is 0.0571 e. The van der Waals surface area contributed by atoms with Crippen molar-refractivity contribution in [3.05, 3.63) is 0 Å². The van der Waals surface area contributed by atoms with Crippen LogP contribution in [0.4, 0.5) is 0 Å². The Labute approximate surface area is 132 Å². The van der Waals surface area contributed by atoms with Crippen LogP contribution < -0.4 is 0 Å². The summed E-state index contributed by atoms with van der Waals surface area (Å²) in [6, 6.07) is 1.41. The topological polar surface area (TPSA) is 15.7 Å². The standard InChI is InChI=1S/C18H36N2O/c1-15(2)20-13-12-19(14-16(20)3)11-5-6-17-7-9-18(21-4)10-8-17/h15-18H,5-14H2,1-4H3/t16-,17?,18?/m0/s1. The molecule has 1 saturated carbocycles. The molecule has 0 amide bonds. The van der Waals surface area contributed by atoms with Gasteiger partial charge in [-0.05, 0) is 71.8 Å². The van der Waals surface area contributed by atoms with E-state index >= 15 is 0 Å². The Morgan fingerprint density at radius 1 is 1.10 bits per heavy atom. The Morgan fingerprint density at radius 2 is 1.81 bits per heavy atom. The second-order valence-corrected chi connectivity index (χ2v) is 7.50. The zero-order valence-electron chi connectivity index (χ0n) is 14.7. The van der Waals surface area contributed by atoms with Crippen LogP contribution in [-0.2, 0) is 4.74 Å². The zero-order chi connectivity index (χ0) is 15.2. The number of methoxy groups -OCH3 is 1. The molecule has 1 heterocycles. The Bertz CT molecular complexity index is 287. The van der Waals surface area contributed by atoms with Gasteiger partial charge in [0.05, 0.1) is 6.10 Å². The first-order valence-corrected chi connectivity index (χ1v) is 9.11. The van der Waals surface area contributed by atoms with Gasteiger partial charge in [0.2, 0.25) is 0 Å². The summed E-state index contributed by atoms with van der Waals surface area (Å²) in [6.45, 7) is 12.1. The smallest absolute Gasteiger partial charge is 0.0571 e. The molecule has 1 aliphatic carbocycles. The van der Waals surface area contributed by atoms with Gasteiger partial charge in [0.25, 0.3) is 0 Å². The molecule has 1 saturated heterocycles. The lowest BCUT2D eigenvalue weighted by Crippen LogP contribution is -2.54. The molecule has 2 rings (SSSR count). The largest absolute Gasteiger partial charge is 0.381 e. The van der Waals surface area contributed by atoms with Crippen LogP contribution in [0.3, 0.4) is 0 Å². The van der Waals surface area contributed by atoms with E-state index < -0.39 is 0 Å². The highest BCUT2D eigenvalue weighted by Crippen LogP contribution is 2.29. The summed E-state index contributed by atoms with van der Waals surface area (Å²) in [5, 5.41) is 0. The van der Waals surface area contributed by atoms with Crippen LogP contribution in [0.5, 0.6) is 0 Å². The molecule has 0 aromatic rings. The van der Waals surface area contributed by atoms with Gasteiger partial charge >= 0.3 is 0 Å². The van der Waals surface area contributed by atoms with Crippen molar-refractivity contribution in [1.29, 1.82) is 0 Å². The van der Waals surface area contributed by atoms with E-state index in [2.05, 4.69) is 30.6 Å². The molecule has 0 bridgehead atoms. The molecule has 3 heteroatoms. The van der Waals surface area contributed by atoms with Crippen molar-refractivity contribution in [2.45, 2.75) is 77.5 Å². The van der Waals surface area contributed by atoms with E-state index in [4.69, 9.17) is 4.74 Å². The summed E-state index contributed by atoms with van der Waals surface area (Å²) in [6.07, 6.45) is 8.69. The zero-order valence-corrected chi connectivity index (χ0v) is 14.7. The average molecular weight is 296 g/mol. The second-order valence-electron chi connectivity index (χ2n) is 7.50. The molecule has 21 heavy (non-hydrogen) atoms. The predicted octanol–water partition coefficient (Wildman–Crippen LogP) is 3.39. The number of piperazine rings is 1. The Kier molecular flexibility index (Phi) is 6.97. The lowest BCUT2D eigenvalue weighted by molar-refractivity contribution is 0.0493. The van der Waals surface area contributed by atoms with E-state index in [-0.39, 0.29) is 0 Å². The van der Waals surface area contributed by atoms with E-state index in [0.717, 1.165) is 12.0 Å². The fourth-order valence-electron chi connectivity index (χ4n) is 4.28. The summed E-state index contributed by atoms with van der Waals surface area (Å²) in [5.74, 6) is 0.964. The Balaban J connectivity index is 1.60. The van der Waals surface area contributed by atoms with Crippen LogP contribution in [0, 0.1) is 5.92 Å². The number of rotatable bonds is 6. The normalized spacial score (nSPS) is 32.7. The van der Waals surface area contributed by atoms with Gasteiger partial charge in [-0.3, -0.25) is 4.90 Å². The third-order valence-corrected chi connectivity index (χ3v) is 5.64. The van der Waals surface area contributed by atoms with Crippen molar-refractivity contribution in [2.24, 2.45) is 5.92 Å². The van der Waals surface area contributed by atoms with Crippen LogP contribution in [0.1, 0.15) is 59.3 Å². The maximum atomic E-state index is 5.47. The molecule has 0 N–H and O–H groups in total. The maximum absolute atomic E-state index is 5.47. The molecule has 2 aliphatic rings. The minimum absolute atomic E-state index is 0.547. The van der Waals surface area contributed by atoms with Gasteiger partial charge in [0.15, 0.2) is 0 Å². The molecule has 0 unspecified atom stereocenters. The monoisotopic (exact) mass is 296 g/mol. The van der Waals surface area contributed by atoms with Crippen LogP contribution >= 0.6 is 0 Å². The van der Waals surface area contributed by atoms with Gasteiger partial charge in [-0.2, -0.15) is 0 Å². The van der Waals surface area contributed by atoms with Gasteiger partial charge in [-0.15, -0.1) is 0 Å². The number of hydrogen-bond donors (Lipinski definition) is 0. The lowest BCUT2D eigenvalue weighted by Gasteiger charge is -2.42. The van der Waals surface area contributed by atoms with Gasteiger partial charge in [-0.1, -0.05) is 0 Å². The highest BCUT2D eigenvalue weighted by atomic mass is 16.5. The Morgan fingerprint density at radius 3 is 2.38 bits per heavy atom. The number of nitrogens with zero attached hydrogens (tertiary/aromatic N) is 2. The van der Waals surface area contributed by atoms with E-state index in [1.807, 2.05) is 7.11 Å². The predicted molar refractivity (Wildman–Crippen MR) is 89.7 cm³/mol. The van der Waals surface area contributed by atoms with Crippen LogP contribution in [0.15, 0.2) is 0 Å². The van der Waals surface area contributed by atoms with Crippen molar-refractivity contribution in [1.82, 2.24) is 9.80 Å². The highest BCUT2D eigenvalue weighted by molar-refractivity contribution is 4.81. The molecule has 3 nitrogen and oxygen atoms in total. The summed E-state index contributed by atoms with van der Waals surface area (Å²) >= 11 is 0. The highest BCUT2D eigenvalue weighted by Gasteiger charge is 2.25. The van der Waals surface area contributed by atoms with Crippen LogP contribution in [0.2, 0.25) is 0 Å². The third kappa shape index (κ3) is 5.22. The van der Waals surface area contributed by atoms with Crippen molar-refractivity contribution in [3.8, 4) is 0 Å². The molecule has 0 radical (unpaired) electrons. The molecule has 1 atom stereocenters. The molecule has 2 fully saturated rings. The first-order chi connectivity index (χ1) is 10.1. The minimum Gasteiger partial charge on any atom is -0.381 e. The molecule has 1 aliphatic heterocycles. The van der Waals surface area contributed by atoms with Gasteiger partial charge in [0.1, 0.15) is 0 Å². The first kappa shape index (κ1) is 17.2. The minimum atomic E-state index is 0.547. The van der Waals surface area contributed by atoms with Crippen molar-refractivity contribution in [2.75, 3.05) is 33.3 Å². The fraction of sp³-hybridized carbons (Fsp3) is 1.00. The molecule has 124 valence electrons. The van der Waals surface area contributed by atoms with E-state index in [1.165, 1.54) is 64.7 Å². The molecule has 0 aromatic carbocycles. The van der Waals surface area contributed by atoms with Gasteiger partial charge in [-0.25, -0.2) is 0 Å². The van der Waals surface area contributed by atoms with E-state index in [9.17, 15) is 0 Å². The summed E-state index contributed by atoms with van der Waals surface area (Å²) in [7, 11) is 1.86. The van der Waals surface area contributed by atoms with Crippen molar-refractivity contribution in [3.63, 3.8) is 0 Å². The molecular formula is C18H36N2O. The van der Waals surface area contributed by atoms with Crippen LogP contribution in [0.25, 0.3) is 0 Å². The first-order valence-electron chi connectivity index (χ1n) is 9.11. The van der Waals surface area contributed by atoms with E-state index in [0.29, 0.717) is 12.1 Å². The number of ether oxygens (including phenoxy) is 1. The molecular weight excluding hydrogens is 260 g/mol. The summed E-state index contributed by atoms with van der Waals surface area (Å²) < 4.78 is 5.47. The van der Waals surface area contributed by atoms with Crippen molar-refractivity contribution >= 4 is 0 Å². The lowest BCUT2D eigenvalue weighted by atomic mass is 9.84. The fourth-order valence-corrected chi connectivity index (χ4v) is 4.28. The van der Waals surface area contributed by atoms with Gasteiger partial charge in [0, 0.05) is 38.8 Å². The molecule has 0 aromatic heterocycles. The van der Waals surface area contributed by atoms with E-state index in [1.54, 1.807) is 0 Å². The van der Waals surface area contributed by atoms with Crippen LogP contribution in [-0.4, -0.2) is 61.3 Å².